The lowest BCUT2D eigenvalue weighted by Crippen LogP contribution is -2.51. The van der Waals surface area contributed by atoms with Gasteiger partial charge in [0.25, 0.3) is 5.91 Å². The largest absolute Gasteiger partial charge is 0.339 e. The van der Waals surface area contributed by atoms with Gasteiger partial charge in [-0.3, -0.25) is 9.59 Å². The molecule has 0 atom stereocenters. The monoisotopic (exact) mass is 349 g/mol. The second-order valence-corrected chi connectivity index (χ2v) is 6.95. The van der Waals surface area contributed by atoms with E-state index in [-0.39, 0.29) is 24.4 Å². The molecule has 130 valence electrons. The van der Waals surface area contributed by atoms with Crippen LogP contribution in [0.15, 0.2) is 24.3 Å². The molecule has 0 spiro atoms. The number of amides is 2. The summed E-state index contributed by atoms with van der Waals surface area (Å²) in [6, 6.07) is 7.09. The molecule has 2 aliphatic rings. The standard InChI is InChI=1S/C18H24ClN3O2/c19-15-7-5-14(6-8-15)18(24)22(16-3-1-2-4-16)13-17(23)21-11-9-20-10-12-21/h5-8,16,20H,1-4,9-13H2. The van der Waals surface area contributed by atoms with Crippen LogP contribution in [0, 0.1) is 0 Å². The molecule has 6 heteroatoms. The third-order valence-electron chi connectivity index (χ3n) is 4.89. The SMILES string of the molecule is O=C(CN(C(=O)c1ccc(Cl)cc1)C1CCCC1)N1CCNCC1. The number of benzene rings is 1. The summed E-state index contributed by atoms with van der Waals surface area (Å²) < 4.78 is 0. The summed E-state index contributed by atoms with van der Waals surface area (Å²) in [5.41, 5.74) is 0.597. The first-order valence-electron chi connectivity index (χ1n) is 8.70. The van der Waals surface area contributed by atoms with Crippen molar-refractivity contribution in [2.24, 2.45) is 0 Å². The van der Waals surface area contributed by atoms with E-state index < -0.39 is 0 Å². The summed E-state index contributed by atoms with van der Waals surface area (Å²) in [5.74, 6) is -0.0206. The maximum atomic E-state index is 13.0. The van der Waals surface area contributed by atoms with E-state index in [1.807, 2.05) is 4.90 Å². The highest BCUT2D eigenvalue weighted by Crippen LogP contribution is 2.25. The van der Waals surface area contributed by atoms with Gasteiger partial charge in [0.2, 0.25) is 5.91 Å². The molecule has 2 amide bonds. The first-order valence-corrected chi connectivity index (χ1v) is 9.08. The molecule has 1 aliphatic carbocycles. The predicted octanol–water partition coefficient (Wildman–Crippen LogP) is 2.16. The molecule has 2 fully saturated rings. The van der Waals surface area contributed by atoms with Gasteiger partial charge < -0.3 is 15.1 Å². The number of hydrogen-bond donors (Lipinski definition) is 1. The average Bonchev–Trinajstić information content (AvgIpc) is 3.14. The summed E-state index contributed by atoms with van der Waals surface area (Å²) in [4.78, 5) is 29.2. The fourth-order valence-corrected chi connectivity index (χ4v) is 3.63. The van der Waals surface area contributed by atoms with Gasteiger partial charge in [-0.15, -0.1) is 0 Å². The second-order valence-electron chi connectivity index (χ2n) is 6.51. The van der Waals surface area contributed by atoms with Crippen molar-refractivity contribution in [2.45, 2.75) is 31.7 Å². The van der Waals surface area contributed by atoms with Crippen molar-refractivity contribution in [2.75, 3.05) is 32.7 Å². The molecule has 3 rings (SSSR count). The van der Waals surface area contributed by atoms with E-state index >= 15 is 0 Å². The molecule has 1 saturated heterocycles. The lowest BCUT2D eigenvalue weighted by Gasteiger charge is -2.33. The minimum absolute atomic E-state index is 0.0470. The molecule has 0 radical (unpaired) electrons. The van der Waals surface area contributed by atoms with Gasteiger partial charge in [-0.05, 0) is 37.1 Å². The molecule has 5 nitrogen and oxygen atoms in total. The summed E-state index contributed by atoms with van der Waals surface area (Å²) in [6.07, 6.45) is 4.20. The third kappa shape index (κ3) is 4.08. The highest BCUT2D eigenvalue weighted by atomic mass is 35.5. The number of rotatable bonds is 4. The molecule has 1 aliphatic heterocycles. The Kier molecular flexibility index (Phi) is 5.74. The minimum Gasteiger partial charge on any atom is -0.339 e. The summed E-state index contributed by atoms with van der Waals surface area (Å²) >= 11 is 5.92. The number of hydrogen-bond acceptors (Lipinski definition) is 3. The van der Waals surface area contributed by atoms with Crippen LogP contribution in [0.25, 0.3) is 0 Å². The first-order chi connectivity index (χ1) is 11.6. The molecule has 0 unspecified atom stereocenters. The highest BCUT2D eigenvalue weighted by Gasteiger charge is 2.30. The molecular weight excluding hydrogens is 326 g/mol. The van der Waals surface area contributed by atoms with E-state index in [1.54, 1.807) is 29.2 Å². The lowest BCUT2D eigenvalue weighted by atomic mass is 10.1. The van der Waals surface area contributed by atoms with Crippen molar-refractivity contribution in [3.63, 3.8) is 0 Å². The van der Waals surface area contributed by atoms with E-state index in [4.69, 9.17) is 11.6 Å². The third-order valence-corrected chi connectivity index (χ3v) is 5.14. The van der Waals surface area contributed by atoms with E-state index in [1.165, 1.54) is 0 Å². The zero-order valence-corrected chi connectivity index (χ0v) is 14.6. The Morgan fingerprint density at radius 3 is 2.38 bits per heavy atom. The number of halogens is 1. The van der Waals surface area contributed by atoms with Crippen molar-refractivity contribution in [3.05, 3.63) is 34.9 Å². The fraction of sp³-hybridized carbons (Fsp3) is 0.556. The number of piperazine rings is 1. The van der Waals surface area contributed by atoms with E-state index in [0.717, 1.165) is 38.8 Å². The zero-order chi connectivity index (χ0) is 16.9. The number of nitrogens with one attached hydrogen (secondary N) is 1. The molecule has 0 aromatic heterocycles. The molecule has 0 bridgehead atoms. The number of carbonyl (C=O) groups excluding carboxylic acids is 2. The van der Waals surface area contributed by atoms with Crippen LogP contribution in [0.3, 0.4) is 0 Å². The Hall–Kier alpha value is -1.59. The minimum atomic E-state index is -0.0675. The molecule has 1 aromatic rings. The van der Waals surface area contributed by atoms with Crippen molar-refractivity contribution in [1.82, 2.24) is 15.1 Å². The van der Waals surface area contributed by atoms with Crippen LogP contribution in [-0.2, 0) is 4.79 Å². The summed E-state index contributed by atoms with van der Waals surface area (Å²) in [7, 11) is 0. The Balaban J connectivity index is 1.74. The van der Waals surface area contributed by atoms with Crippen molar-refractivity contribution < 1.29 is 9.59 Å². The highest BCUT2D eigenvalue weighted by molar-refractivity contribution is 6.30. The van der Waals surface area contributed by atoms with Crippen LogP contribution in [-0.4, -0.2) is 60.4 Å². The van der Waals surface area contributed by atoms with Crippen LogP contribution in [0.1, 0.15) is 36.0 Å². The Bertz CT molecular complexity index is 578. The number of nitrogens with zero attached hydrogens (tertiary/aromatic N) is 2. The molecule has 1 aromatic carbocycles. The van der Waals surface area contributed by atoms with Gasteiger partial charge >= 0.3 is 0 Å². The molecule has 1 heterocycles. The van der Waals surface area contributed by atoms with Crippen LogP contribution in [0.2, 0.25) is 5.02 Å². The predicted molar refractivity (Wildman–Crippen MR) is 94.2 cm³/mol. The maximum absolute atomic E-state index is 13.0. The van der Waals surface area contributed by atoms with Crippen LogP contribution in [0.4, 0.5) is 0 Å². The fourth-order valence-electron chi connectivity index (χ4n) is 3.50. The lowest BCUT2D eigenvalue weighted by molar-refractivity contribution is -0.132. The van der Waals surface area contributed by atoms with Crippen LogP contribution < -0.4 is 5.32 Å². The van der Waals surface area contributed by atoms with E-state index in [9.17, 15) is 9.59 Å². The van der Waals surface area contributed by atoms with E-state index in [2.05, 4.69) is 5.32 Å². The van der Waals surface area contributed by atoms with Gasteiger partial charge in [-0.2, -0.15) is 0 Å². The van der Waals surface area contributed by atoms with Crippen molar-refractivity contribution >= 4 is 23.4 Å². The van der Waals surface area contributed by atoms with Crippen LogP contribution >= 0.6 is 11.6 Å². The van der Waals surface area contributed by atoms with E-state index in [0.29, 0.717) is 23.7 Å². The van der Waals surface area contributed by atoms with Gasteiger partial charge in [-0.25, -0.2) is 0 Å². The number of carbonyl (C=O) groups is 2. The van der Waals surface area contributed by atoms with Crippen molar-refractivity contribution in [1.29, 1.82) is 0 Å². The molecular formula is C18H24ClN3O2. The summed E-state index contributed by atoms with van der Waals surface area (Å²) in [6.45, 7) is 3.24. The topological polar surface area (TPSA) is 52.7 Å². The molecule has 1 saturated carbocycles. The maximum Gasteiger partial charge on any atom is 0.254 e. The van der Waals surface area contributed by atoms with Gasteiger partial charge in [0.05, 0.1) is 0 Å². The first kappa shape index (κ1) is 17.2. The average molecular weight is 350 g/mol. The Morgan fingerprint density at radius 2 is 1.75 bits per heavy atom. The van der Waals surface area contributed by atoms with Crippen molar-refractivity contribution in [3.8, 4) is 0 Å². The van der Waals surface area contributed by atoms with Gasteiger partial charge in [0.1, 0.15) is 6.54 Å². The van der Waals surface area contributed by atoms with Gasteiger partial charge in [-0.1, -0.05) is 24.4 Å². The smallest absolute Gasteiger partial charge is 0.254 e. The zero-order valence-electron chi connectivity index (χ0n) is 13.8. The Labute approximate surface area is 147 Å². The van der Waals surface area contributed by atoms with Crippen LogP contribution in [0.5, 0.6) is 0 Å². The molecule has 24 heavy (non-hydrogen) atoms. The summed E-state index contributed by atoms with van der Waals surface area (Å²) in [5, 5.41) is 3.85. The Morgan fingerprint density at radius 1 is 1.12 bits per heavy atom. The second kappa shape index (κ2) is 7.99. The normalized spacial score (nSPS) is 18.6. The van der Waals surface area contributed by atoms with Gasteiger partial charge in [0.15, 0.2) is 0 Å². The quantitative estimate of drug-likeness (QED) is 0.906. The van der Waals surface area contributed by atoms with Gasteiger partial charge in [0, 0.05) is 42.8 Å². The molecule has 1 N–H and O–H groups in total.